The second kappa shape index (κ2) is 5.15. The van der Waals surface area contributed by atoms with E-state index in [1.54, 1.807) is 0 Å². The third-order valence-electron chi connectivity index (χ3n) is 1.60. The summed E-state index contributed by atoms with van der Waals surface area (Å²) in [6, 6.07) is 0. The lowest BCUT2D eigenvalue weighted by atomic mass is 10.1. The fourth-order valence-electron chi connectivity index (χ4n) is 0.764. The van der Waals surface area contributed by atoms with Crippen LogP contribution in [0.1, 0.15) is 13.8 Å². The lowest BCUT2D eigenvalue weighted by Crippen LogP contribution is -2.52. The second-order valence-electron chi connectivity index (χ2n) is 3.70. The molecule has 0 unspecified atom stereocenters. The Kier molecular flexibility index (Phi) is 4.73. The number of rotatable bonds is 5. The average Bonchev–Trinajstić information content (AvgIpc) is 1.99. The molecule has 0 aliphatic heterocycles. The first kappa shape index (κ1) is 14.7. The molecule has 0 aromatic rings. The van der Waals surface area contributed by atoms with Crippen LogP contribution < -0.4 is 10.6 Å². The molecule has 0 aromatic heterocycles. The lowest BCUT2D eigenvalue weighted by Gasteiger charge is -2.21. The van der Waals surface area contributed by atoms with Crippen LogP contribution >= 0.6 is 0 Å². The molecule has 0 fully saturated rings. The van der Waals surface area contributed by atoms with Crippen molar-refractivity contribution in [1.82, 2.24) is 10.6 Å². The number of carbonyl (C=O) groups excluding carboxylic acids is 1. The summed E-state index contributed by atoms with van der Waals surface area (Å²) in [5.41, 5.74) is -1.50. The summed E-state index contributed by atoms with van der Waals surface area (Å²) in [6.07, 6.45) is -4.40. The minimum Gasteiger partial charge on any atom is -0.480 e. The molecule has 0 saturated heterocycles. The first-order chi connectivity index (χ1) is 7.04. The van der Waals surface area contributed by atoms with Gasteiger partial charge in [-0.15, -0.1) is 0 Å². The molecule has 16 heavy (non-hydrogen) atoms. The fourth-order valence-corrected chi connectivity index (χ4v) is 0.764. The summed E-state index contributed by atoms with van der Waals surface area (Å²) < 4.78 is 35.1. The van der Waals surface area contributed by atoms with Crippen molar-refractivity contribution in [3.8, 4) is 0 Å². The largest absolute Gasteiger partial charge is 0.480 e. The Balaban J connectivity index is 3.97. The number of alkyl halides is 3. The summed E-state index contributed by atoms with van der Waals surface area (Å²) in [5, 5.41) is 12.6. The summed E-state index contributed by atoms with van der Waals surface area (Å²) in [4.78, 5) is 21.6. The lowest BCUT2D eigenvalue weighted by molar-refractivity contribution is -0.146. The predicted octanol–water partition coefficient (Wildman–Crippen LogP) is 0.118. The van der Waals surface area contributed by atoms with Crippen LogP contribution in [0, 0.1) is 0 Å². The van der Waals surface area contributed by atoms with Crippen molar-refractivity contribution in [2.45, 2.75) is 25.6 Å². The average molecular weight is 242 g/mol. The summed E-state index contributed by atoms with van der Waals surface area (Å²) in [5.74, 6) is -2.08. The van der Waals surface area contributed by atoms with Gasteiger partial charge in [-0.25, -0.2) is 4.79 Å². The van der Waals surface area contributed by atoms with Crippen molar-refractivity contribution >= 4 is 11.9 Å². The van der Waals surface area contributed by atoms with E-state index in [-0.39, 0.29) is 0 Å². The topological polar surface area (TPSA) is 78.4 Å². The number of nitrogens with one attached hydrogen (secondary N) is 2. The molecule has 94 valence electrons. The molecule has 0 aliphatic rings. The van der Waals surface area contributed by atoms with Gasteiger partial charge in [0.1, 0.15) is 5.54 Å². The number of aliphatic carboxylic acids is 1. The standard InChI is InChI=1S/C8H13F3N2O3/c1-7(2,6(15)16)13-5(14)3-12-4-8(9,10)11/h12H,3-4H2,1-2H3,(H,13,14)(H,15,16). The van der Waals surface area contributed by atoms with Crippen LogP contribution in [0.15, 0.2) is 0 Å². The number of hydrogen-bond acceptors (Lipinski definition) is 3. The van der Waals surface area contributed by atoms with E-state index in [0.717, 1.165) is 0 Å². The van der Waals surface area contributed by atoms with Gasteiger partial charge in [0.05, 0.1) is 13.1 Å². The van der Waals surface area contributed by atoms with Crippen molar-refractivity contribution < 1.29 is 27.9 Å². The summed E-state index contributed by atoms with van der Waals surface area (Å²) in [6.45, 7) is 0.581. The van der Waals surface area contributed by atoms with Gasteiger partial charge in [0.2, 0.25) is 5.91 Å². The van der Waals surface area contributed by atoms with Gasteiger partial charge >= 0.3 is 12.1 Å². The van der Waals surface area contributed by atoms with Crippen LogP contribution in [0.5, 0.6) is 0 Å². The van der Waals surface area contributed by atoms with Crippen molar-refractivity contribution in [2.24, 2.45) is 0 Å². The van der Waals surface area contributed by atoms with E-state index < -0.39 is 36.7 Å². The Labute approximate surface area is 90.0 Å². The Hall–Kier alpha value is -1.31. The molecule has 0 atom stereocenters. The van der Waals surface area contributed by atoms with Gasteiger partial charge in [-0.05, 0) is 13.8 Å². The van der Waals surface area contributed by atoms with Crippen LogP contribution in [0.3, 0.4) is 0 Å². The molecule has 0 aromatic carbocycles. The molecule has 1 amide bonds. The first-order valence-electron chi connectivity index (χ1n) is 4.36. The summed E-state index contributed by atoms with van der Waals surface area (Å²) in [7, 11) is 0. The van der Waals surface area contributed by atoms with Crippen molar-refractivity contribution in [2.75, 3.05) is 13.1 Å². The van der Waals surface area contributed by atoms with Gasteiger partial charge < -0.3 is 15.7 Å². The van der Waals surface area contributed by atoms with Crippen LogP contribution in [0.4, 0.5) is 13.2 Å². The zero-order valence-corrected chi connectivity index (χ0v) is 8.81. The highest BCUT2D eigenvalue weighted by Crippen LogP contribution is 2.11. The van der Waals surface area contributed by atoms with Crippen molar-refractivity contribution in [3.05, 3.63) is 0 Å². The van der Waals surface area contributed by atoms with Gasteiger partial charge in [-0.1, -0.05) is 0 Å². The zero-order valence-electron chi connectivity index (χ0n) is 8.81. The maximum absolute atomic E-state index is 11.7. The van der Waals surface area contributed by atoms with E-state index in [0.29, 0.717) is 0 Å². The fraction of sp³-hybridized carbons (Fsp3) is 0.750. The van der Waals surface area contributed by atoms with E-state index in [2.05, 4.69) is 5.32 Å². The maximum atomic E-state index is 11.7. The molecule has 0 rings (SSSR count). The quantitative estimate of drug-likeness (QED) is 0.639. The van der Waals surface area contributed by atoms with Crippen molar-refractivity contribution in [1.29, 1.82) is 0 Å². The highest BCUT2D eigenvalue weighted by atomic mass is 19.4. The van der Waals surface area contributed by atoms with E-state index in [1.807, 2.05) is 5.32 Å². The molecule has 0 radical (unpaired) electrons. The van der Waals surface area contributed by atoms with Gasteiger partial charge in [0, 0.05) is 0 Å². The molecule has 0 bridgehead atoms. The van der Waals surface area contributed by atoms with Crippen LogP contribution in [0.25, 0.3) is 0 Å². The molecule has 0 spiro atoms. The number of carbonyl (C=O) groups is 2. The zero-order chi connectivity index (χ0) is 13.0. The highest BCUT2D eigenvalue weighted by molar-refractivity contribution is 5.87. The number of halogens is 3. The number of amides is 1. The predicted molar refractivity (Wildman–Crippen MR) is 48.8 cm³/mol. The van der Waals surface area contributed by atoms with Crippen LogP contribution in [0.2, 0.25) is 0 Å². The Bertz CT molecular complexity index is 276. The van der Waals surface area contributed by atoms with E-state index in [1.165, 1.54) is 13.8 Å². The molecule has 0 heterocycles. The van der Waals surface area contributed by atoms with E-state index >= 15 is 0 Å². The van der Waals surface area contributed by atoms with Gasteiger partial charge in [-0.3, -0.25) is 4.79 Å². The number of carboxylic acid groups (broad SMARTS) is 1. The van der Waals surface area contributed by atoms with Crippen LogP contribution in [-0.4, -0.2) is 41.8 Å². The van der Waals surface area contributed by atoms with E-state index in [9.17, 15) is 22.8 Å². The minimum atomic E-state index is -4.40. The second-order valence-corrected chi connectivity index (χ2v) is 3.70. The molecular weight excluding hydrogens is 229 g/mol. The first-order valence-corrected chi connectivity index (χ1v) is 4.36. The van der Waals surface area contributed by atoms with E-state index in [4.69, 9.17) is 5.11 Å². The smallest absolute Gasteiger partial charge is 0.401 e. The number of carboxylic acids is 1. The van der Waals surface area contributed by atoms with Gasteiger partial charge in [0.15, 0.2) is 0 Å². The third kappa shape index (κ3) is 6.23. The Morgan fingerprint density at radius 3 is 2.12 bits per heavy atom. The van der Waals surface area contributed by atoms with Crippen molar-refractivity contribution in [3.63, 3.8) is 0 Å². The van der Waals surface area contributed by atoms with Gasteiger partial charge in [0.25, 0.3) is 0 Å². The molecule has 8 heteroatoms. The SMILES string of the molecule is CC(C)(NC(=O)CNCC(F)(F)F)C(=O)O. The normalized spacial score (nSPS) is 12.3. The number of hydrogen-bond donors (Lipinski definition) is 3. The highest BCUT2D eigenvalue weighted by Gasteiger charge is 2.30. The molecule has 5 nitrogen and oxygen atoms in total. The molecule has 0 aliphatic carbocycles. The molecule has 3 N–H and O–H groups in total. The molecular formula is C8H13F3N2O3. The monoisotopic (exact) mass is 242 g/mol. The summed E-state index contributed by atoms with van der Waals surface area (Å²) >= 11 is 0. The van der Waals surface area contributed by atoms with Gasteiger partial charge in [-0.2, -0.15) is 13.2 Å². The maximum Gasteiger partial charge on any atom is 0.401 e. The third-order valence-corrected chi connectivity index (χ3v) is 1.60. The Morgan fingerprint density at radius 2 is 1.75 bits per heavy atom. The minimum absolute atomic E-state index is 0.587. The van der Waals surface area contributed by atoms with Crippen LogP contribution in [-0.2, 0) is 9.59 Å². The molecule has 0 saturated carbocycles. The Morgan fingerprint density at radius 1 is 1.25 bits per heavy atom.